The molecule has 1 atom stereocenters. The number of aliphatic hydroxyl groups excluding tert-OH is 1. The Morgan fingerprint density at radius 2 is 1.87 bits per heavy atom. The molecule has 2 aliphatic heterocycles. The van der Waals surface area contributed by atoms with Gasteiger partial charge in [-0.3, -0.25) is 0 Å². The molecule has 1 unspecified atom stereocenters. The quantitative estimate of drug-likeness (QED) is 0.406. The van der Waals surface area contributed by atoms with E-state index in [-0.39, 0.29) is 11.2 Å². The lowest BCUT2D eigenvalue weighted by molar-refractivity contribution is -0.401. The van der Waals surface area contributed by atoms with Crippen LogP contribution < -0.4 is 0 Å². The molecule has 0 radical (unpaired) electrons. The summed E-state index contributed by atoms with van der Waals surface area (Å²) in [5.74, 6) is 0.00166. The summed E-state index contributed by atoms with van der Waals surface area (Å²) in [6.07, 6.45) is 13.6. The van der Waals surface area contributed by atoms with Crippen molar-refractivity contribution in [1.82, 2.24) is 0 Å². The van der Waals surface area contributed by atoms with Gasteiger partial charge in [-0.25, -0.2) is 4.21 Å². The molecular formula is C27H30NO2S+. The maximum absolute atomic E-state index is 12.6. The average Bonchev–Trinajstić information content (AvgIpc) is 3.11. The molecule has 0 aliphatic carbocycles. The lowest BCUT2D eigenvalue weighted by Crippen LogP contribution is -2.27. The summed E-state index contributed by atoms with van der Waals surface area (Å²) >= 11 is 0. The van der Waals surface area contributed by atoms with E-state index in [0.717, 1.165) is 6.42 Å². The van der Waals surface area contributed by atoms with Gasteiger partial charge in [0, 0.05) is 23.3 Å². The Balaban J connectivity index is 1.85. The van der Waals surface area contributed by atoms with Gasteiger partial charge in [-0.15, -0.1) is 0 Å². The van der Waals surface area contributed by atoms with Gasteiger partial charge in [-0.1, -0.05) is 68.7 Å². The largest absolute Gasteiger partial charge is 0.506 e. The summed E-state index contributed by atoms with van der Waals surface area (Å²) in [5.41, 5.74) is 5.43. The van der Waals surface area contributed by atoms with Crippen LogP contribution in [0.5, 0.6) is 0 Å². The highest BCUT2D eigenvalue weighted by Gasteiger charge is 2.42. The van der Waals surface area contributed by atoms with E-state index >= 15 is 0 Å². The smallest absolute Gasteiger partial charge is 0.209 e. The van der Waals surface area contributed by atoms with E-state index in [0.29, 0.717) is 15.4 Å². The second-order valence-electron chi connectivity index (χ2n) is 8.05. The van der Waals surface area contributed by atoms with Gasteiger partial charge in [0.05, 0.1) is 26.0 Å². The normalized spacial score (nSPS) is 21.0. The SMILES string of the molecule is C=CC1=C(C=C)S(=O)C(/C=C/C=C/C(=C/C2=[N+](C)c3ccccc3C2(C)C)CC)=C1O. The predicted octanol–water partition coefficient (Wildman–Crippen LogP) is 6.30. The number of allylic oxidation sites excluding steroid dienone is 8. The van der Waals surface area contributed by atoms with Crippen molar-refractivity contribution in [3.05, 3.63) is 112 Å². The molecule has 2 heterocycles. The van der Waals surface area contributed by atoms with Crippen molar-refractivity contribution in [2.24, 2.45) is 0 Å². The molecule has 1 aromatic carbocycles. The molecular weight excluding hydrogens is 402 g/mol. The number of hydrogen-bond donors (Lipinski definition) is 1. The molecule has 0 bridgehead atoms. The number of aliphatic hydroxyl groups is 1. The van der Waals surface area contributed by atoms with Crippen molar-refractivity contribution in [3.8, 4) is 0 Å². The maximum atomic E-state index is 12.6. The molecule has 0 aromatic heterocycles. The zero-order valence-corrected chi connectivity index (χ0v) is 19.5. The van der Waals surface area contributed by atoms with Crippen LogP contribution in [-0.2, 0) is 16.2 Å². The van der Waals surface area contributed by atoms with E-state index < -0.39 is 10.8 Å². The average molecular weight is 433 g/mol. The highest BCUT2D eigenvalue weighted by molar-refractivity contribution is 7.93. The third kappa shape index (κ3) is 4.00. The number of benzene rings is 1. The van der Waals surface area contributed by atoms with Gasteiger partial charge in [0.25, 0.3) is 0 Å². The number of hydrogen-bond acceptors (Lipinski definition) is 2. The van der Waals surface area contributed by atoms with Crippen LogP contribution in [0.3, 0.4) is 0 Å². The van der Waals surface area contributed by atoms with Crippen LogP contribution in [-0.4, -0.2) is 26.7 Å². The Hall–Kier alpha value is -2.98. The van der Waals surface area contributed by atoms with Gasteiger partial charge in [0.2, 0.25) is 5.69 Å². The third-order valence-corrected chi connectivity index (χ3v) is 7.40. The monoisotopic (exact) mass is 432 g/mol. The minimum absolute atomic E-state index is 0.00166. The number of rotatable bonds is 7. The van der Waals surface area contributed by atoms with Gasteiger partial charge in [-0.05, 0) is 31.9 Å². The summed E-state index contributed by atoms with van der Waals surface area (Å²) < 4.78 is 14.8. The van der Waals surface area contributed by atoms with Crippen molar-refractivity contribution < 1.29 is 13.9 Å². The number of para-hydroxylation sites is 1. The van der Waals surface area contributed by atoms with E-state index in [1.807, 2.05) is 12.2 Å². The van der Waals surface area contributed by atoms with Gasteiger partial charge in [0.1, 0.15) is 12.8 Å². The molecule has 0 saturated carbocycles. The molecule has 0 fully saturated rings. The standard InChI is InChI=1S/C27H29NO2S/c1-7-19(18-25-27(4,5)21-15-11-12-16-22(21)28(25)6)14-10-13-17-24-26(29)20(8-2)23(9-3)31(24)30/h8-18H,2-3,7H2,1,4-6H3/p+1. The zero-order chi connectivity index (χ0) is 22.8. The molecule has 3 nitrogen and oxygen atoms in total. The van der Waals surface area contributed by atoms with Gasteiger partial charge >= 0.3 is 0 Å². The van der Waals surface area contributed by atoms with Gasteiger partial charge in [-0.2, -0.15) is 4.58 Å². The van der Waals surface area contributed by atoms with Crippen molar-refractivity contribution >= 4 is 22.2 Å². The van der Waals surface area contributed by atoms with Crippen LogP contribution in [0.15, 0.2) is 107 Å². The molecule has 1 N–H and O–H groups in total. The Labute approximate surface area is 188 Å². The first-order chi connectivity index (χ1) is 14.8. The zero-order valence-electron chi connectivity index (χ0n) is 18.7. The molecule has 160 valence electrons. The van der Waals surface area contributed by atoms with Crippen LogP contribution >= 0.6 is 0 Å². The lowest BCUT2D eigenvalue weighted by atomic mass is 9.81. The number of fused-ring (bicyclic) bond motifs is 1. The Bertz CT molecular complexity index is 1150. The summed E-state index contributed by atoms with van der Waals surface area (Å²) in [4.78, 5) is 0.866. The van der Waals surface area contributed by atoms with Crippen molar-refractivity contribution in [1.29, 1.82) is 0 Å². The van der Waals surface area contributed by atoms with E-state index in [2.05, 4.69) is 82.0 Å². The first kappa shape index (κ1) is 22.7. The molecule has 0 spiro atoms. The lowest BCUT2D eigenvalue weighted by Gasteiger charge is -2.15. The summed E-state index contributed by atoms with van der Waals surface area (Å²) in [6.45, 7) is 14.0. The van der Waals surface area contributed by atoms with Crippen molar-refractivity contribution in [2.75, 3.05) is 7.05 Å². The summed E-state index contributed by atoms with van der Waals surface area (Å²) in [7, 11) is 0.671. The minimum Gasteiger partial charge on any atom is -0.506 e. The Morgan fingerprint density at radius 3 is 2.45 bits per heavy atom. The highest BCUT2D eigenvalue weighted by Crippen LogP contribution is 2.39. The van der Waals surface area contributed by atoms with Gasteiger partial charge < -0.3 is 5.11 Å². The number of nitrogens with zero attached hydrogens (tertiary/aromatic N) is 1. The van der Waals surface area contributed by atoms with E-state index in [1.165, 1.54) is 34.7 Å². The fourth-order valence-corrected chi connectivity index (χ4v) is 5.36. The molecule has 4 heteroatoms. The molecule has 0 saturated heterocycles. The molecule has 0 amide bonds. The second kappa shape index (κ2) is 9.03. The van der Waals surface area contributed by atoms with Crippen LogP contribution in [0.25, 0.3) is 0 Å². The van der Waals surface area contributed by atoms with Crippen LogP contribution in [0.4, 0.5) is 5.69 Å². The third-order valence-electron chi connectivity index (χ3n) is 5.88. The van der Waals surface area contributed by atoms with Crippen LogP contribution in [0.1, 0.15) is 32.8 Å². The summed E-state index contributed by atoms with van der Waals surface area (Å²) in [6, 6.07) is 8.52. The van der Waals surface area contributed by atoms with E-state index in [4.69, 9.17) is 0 Å². The Kier molecular flexibility index (Phi) is 6.61. The molecule has 3 rings (SSSR count). The van der Waals surface area contributed by atoms with Gasteiger partial charge in [0.15, 0.2) is 5.71 Å². The minimum atomic E-state index is -1.44. The second-order valence-corrected chi connectivity index (χ2v) is 9.46. The molecule has 2 aliphatic rings. The van der Waals surface area contributed by atoms with Crippen molar-refractivity contribution in [3.63, 3.8) is 0 Å². The fraction of sp³-hybridized carbons (Fsp3) is 0.222. The van der Waals surface area contributed by atoms with Crippen molar-refractivity contribution in [2.45, 2.75) is 32.6 Å². The first-order valence-corrected chi connectivity index (χ1v) is 11.5. The highest BCUT2D eigenvalue weighted by atomic mass is 32.2. The molecule has 1 aromatic rings. The van der Waals surface area contributed by atoms with E-state index in [9.17, 15) is 9.32 Å². The molecule has 31 heavy (non-hydrogen) atoms. The Morgan fingerprint density at radius 1 is 1.16 bits per heavy atom. The topological polar surface area (TPSA) is 40.3 Å². The van der Waals surface area contributed by atoms with Crippen LogP contribution in [0.2, 0.25) is 0 Å². The van der Waals surface area contributed by atoms with Crippen LogP contribution in [0, 0.1) is 0 Å². The first-order valence-electron chi connectivity index (χ1n) is 10.4. The predicted molar refractivity (Wildman–Crippen MR) is 132 cm³/mol. The van der Waals surface area contributed by atoms with E-state index in [1.54, 1.807) is 6.08 Å². The maximum Gasteiger partial charge on any atom is 0.209 e. The fourth-order valence-electron chi connectivity index (χ4n) is 4.10. The summed E-state index contributed by atoms with van der Waals surface area (Å²) in [5, 5.41) is 10.4.